The molecule has 2 nitrogen and oxygen atoms in total. The molecule has 0 aliphatic heterocycles. The van der Waals surface area contributed by atoms with E-state index >= 15 is 0 Å². The van der Waals surface area contributed by atoms with Crippen molar-refractivity contribution >= 4 is 0 Å². The van der Waals surface area contributed by atoms with Crippen molar-refractivity contribution in [2.75, 3.05) is 0 Å². The largest absolute Gasteiger partial charge is 0.331 e. The van der Waals surface area contributed by atoms with Gasteiger partial charge < -0.3 is 4.57 Å². The first-order chi connectivity index (χ1) is 14.7. The van der Waals surface area contributed by atoms with Crippen molar-refractivity contribution in [3.8, 4) is 0 Å². The maximum Gasteiger partial charge on any atom is 0.0951 e. The van der Waals surface area contributed by atoms with Crippen LogP contribution in [0.5, 0.6) is 0 Å². The average Bonchev–Trinajstić information content (AvgIpc) is 3.31. The molecular weight excluding hydrogens is 364 g/mol. The molecule has 0 radical (unpaired) electrons. The summed E-state index contributed by atoms with van der Waals surface area (Å²) in [5.74, 6) is 0.753. The highest BCUT2D eigenvalue weighted by atomic mass is 15.1. The molecule has 2 unspecified atom stereocenters. The number of rotatable bonds is 21. The van der Waals surface area contributed by atoms with Crippen LogP contribution in [0.3, 0.4) is 0 Å². The number of hydrogen-bond acceptors (Lipinski definition) is 1. The molecule has 0 spiro atoms. The molecule has 0 fully saturated rings. The third kappa shape index (κ3) is 11.0. The van der Waals surface area contributed by atoms with Gasteiger partial charge in [0.25, 0.3) is 0 Å². The highest BCUT2D eigenvalue weighted by molar-refractivity contribution is 4.92. The predicted octanol–water partition coefficient (Wildman–Crippen LogP) is 9.69. The van der Waals surface area contributed by atoms with E-state index in [4.69, 9.17) is 0 Å². The van der Waals surface area contributed by atoms with Crippen LogP contribution in [0.1, 0.15) is 150 Å². The van der Waals surface area contributed by atoms with Gasteiger partial charge in [-0.05, 0) is 25.7 Å². The second kappa shape index (κ2) is 17.8. The van der Waals surface area contributed by atoms with E-state index in [0.717, 1.165) is 5.92 Å². The molecule has 0 saturated heterocycles. The fourth-order valence-corrected chi connectivity index (χ4v) is 5.14. The molecule has 30 heavy (non-hydrogen) atoms. The number of aromatic nitrogens is 2. The zero-order chi connectivity index (χ0) is 21.9. The van der Waals surface area contributed by atoms with Gasteiger partial charge >= 0.3 is 0 Å². The number of hydrogen-bond donors (Lipinski definition) is 0. The zero-order valence-corrected chi connectivity index (χ0v) is 21.1. The Labute approximate surface area is 189 Å². The van der Waals surface area contributed by atoms with Gasteiger partial charge in [0.1, 0.15) is 0 Å². The monoisotopic (exact) mass is 418 g/mol. The summed E-state index contributed by atoms with van der Waals surface area (Å²) in [6, 6.07) is 0. The molecule has 0 bridgehead atoms. The highest BCUT2D eigenvalue weighted by Crippen LogP contribution is 2.35. The van der Waals surface area contributed by atoms with Crippen LogP contribution in [-0.4, -0.2) is 9.55 Å². The van der Waals surface area contributed by atoms with Crippen LogP contribution in [0.2, 0.25) is 0 Å². The van der Waals surface area contributed by atoms with E-state index in [1.807, 2.05) is 12.5 Å². The van der Waals surface area contributed by atoms with Crippen molar-refractivity contribution in [2.24, 2.45) is 5.92 Å². The van der Waals surface area contributed by atoms with Crippen molar-refractivity contribution in [2.45, 2.75) is 155 Å². The standard InChI is InChI=1S/C28H54N2/c1-5-8-9-10-11-12-13-14-15-16-17-18-19-20-21-22-23-27(6-2)28(4,7-3)30-25-24-29-26-30/h24-27H,5-23H2,1-4H3. The van der Waals surface area contributed by atoms with Gasteiger partial charge in [-0.1, -0.05) is 130 Å². The third-order valence-electron chi connectivity index (χ3n) is 7.59. The summed E-state index contributed by atoms with van der Waals surface area (Å²) in [5, 5.41) is 0. The normalized spacial score (nSPS) is 14.7. The SMILES string of the molecule is CCCCCCCCCCCCCCCCCCC(CC)C(C)(CC)n1ccnc1. The lowest BCUT2D eigenvalue weighted by Crippen LogP contribution is -2.37. The Hall–Kier alpha value is -0.790. The van der Waals surface area contributed by atoms with Crippen LogP contribution in [0.25, 0.3) is 0 Å². The molecule has 0 aliphatic rings. The minimum atomic E-state index is 0.223. The van der Waals surface area contributed by atoms with Gasteiger partial charge in [0, 0.05) is 17.9 Å². The minimum Gasteiger partial charge on any atom is -0.331 e. The first kappa shape index (κ1) is 27.2. The molecule has 0 N–H and O–H groups in total. The Bertz CT molecular complexity index is 467. The topological polar surface area (TPSA) is 17.8 Å². The summed E-state index contributed by atoms with van der Waals surface area (Å²) in [6.45, 7) is 9.42. The van der Waals surface area contributed by atoms with Crippen LogP contribution in [0.15, 0.2) is 18.7 Å². The molecule has 0 aliphatic carbocycles. The quantitative estimate of drug-likeness (QED) is 0.182. The van der Waals surface area contributed by atoms with E-state index in [0.29, 0.717) is 0 Å². The molecule has 1 heterocycles. The Morgan fingerprint density at radius 3 is 1.53 bits per heavy atom. The predicted molar refractivity (Wildman–Crippen MR) is 134 cm³/mol. The van der Waals surface area contributed by atoms with Crippen molar-refractivity contribution in [3.63, 3.8) is 0 Å². The lowest BCUT2D eigenvalue weighted by Gasteiger charge is -2.38. The Balaban J connectivity index is 1.96. The fourth-order valence-electron chi connectivity index (χ4n) is 5.14. The summed E-state index contributed by atoms with van der Waals surface area (Å²) >= 11 is 0. The first-order valence-electron chi connectivity index (χ1n) is 13.7. The van der Waals surface area contributed by atoms with Crippen LogP contribution < -0.4 is 0 Å². The molecular formula is C28H54N2. The van der Waals surface area contributed by atoms with E-state index in [9.17, 15) is 0 Å². The lowest BCUT2D eigenvalue weighted by molar-refractivity contribution is 0.161. The zero-order valence-electron chi connectivity index (χ0n) is 21.1. The molecule has 1 rings (SSSR count). The van der Waals surface area contributed by atoms with E-state index in [2.05, 4.69) is 43.4 Å². The van der Waals surface area contributed by atoms with E-state index in [-0.39, 0.29) is 5.54 Å². The smallest absolute Gasteiger partial charge is 0.0951 e. The van der Waals surface area contributed by atoms with Crippen molar-refractivity contribution in [1.29, 1.82) is 0 Å². The number of imidazole rings is 1. The van der Waals surface area contributed by atoms with Gasteiger partial charge in [-0.2, -0.15) is 0 Å². The average molecular weight is 419 g/mol. The molecule has 2 heteroatoms. The second-order valence-electron chi connectivity index (χ2n) is 9.88. The molecule has 1 aromatic rings. The van der Waals surface area contributed by atoms with Crippen LogP contribution >= 0.6 is 0 Å². The minimum absolute atomic E-state index is 0.223. The van der Waals surface area contributed by atoms with Gasteiger partial charge in [0.05, 0.1) is 6.33 Å². The molecule has 176 valence electrons. The third-order valence-corrected chi connectivity index (χ3v) is 7.59. The van der Waals surface area contributed by atoms with Crippen molar-refractivity contribution in [3.05, 3.63) is 18.7 Å². The van der Waals surface area contributed by atoms with Gasteiger partial charge in [-0.25, -0.2) is 4.98 Å². The van der Waals surface area contributed by atoms with Crippen LogP contribution in [0.4, 0.5) is 0 Å². The highest BCUT2D eigenvalue weighted by Gasteiger charge is 2.32. The van der Waals surface area contributed by atoms with Gasteiger partial charge in [0.2, 0.25) is 0 Å². The van der Waals surface area contributed by atoms with E-state index in [1.54, 1.807) is 0 Å². The second-order valence-corrected chi connectivity index (χ2v) is 9.88. The maximum atomic E-state index is 4.30. The Morgan fingerprint density at radius 2 is 1.17 bits per heavy atom. The van der Waals surface area contributed by atoms with E-state index < -0.39 is 0 Å². The van der Waals surface area contributed by atoms with Gasteiger partial charge in [-0.15, -0.1) is 0 Å². The summed E-state index contributed by atoms with van der Waals surface area (Å²) < 4.78 is 2.35. The van der Waals surface area contributed by atoms with Crippen LogP contribution in [-0.2, 0) is 5.54 Å². The van der Waals surface area contributed by atoms with Crippen molar-refractivity contribution < 1.29 is 0 Å². The summed E-state index contributed by atoms with van der Waals surface area (Å²) in [6.07, 6.45) is 33.0. The summed E-state index contributed by atoms with van der Waals surface area (Å²) in [5.41, 5.74) is 0.223. The fraction of sp³-hybridized carbons (Fsp3) is 0.893. The lowest BCUT2D eigenvalue weighted by atomic mass is 9.78. The van der Waals surface area contributed by atoms with Gasteiger partial charge in [-0.3, -0.25) is 0 Å². The molecule has 0 amide bonds. The molecule has 0 aromatic carbocycles. The molecule has 2 atom stereocenters. The maximum absolute atomic E-state index is 4.30. The van der Waals surface area contributed by atoms with E-state index in [1.165, 1.54) is 122 Å². The molecule has 1 aromatic heterocycles. The Kier molecular flexibility index (Phi) is 16.2. The number of unbranched alkanes of at least 4 members (excludes halogenated alkanes) is 15. The summed E-state index contributed by atoms with van der Waals surface area (Å²) in [4.78, 5) is 4.30. The molecule has 0 saturated carbocycles. The number of nitrogens with zero attached hydrogens (tertiary/aromatic N) is 2. The first-order valence-corrected chi connectivity index (χ1v) is 13.7. The van der Waals surface area contributed by atoms with Gasteiger partial charge in [0.15, 0.2) is 0 Å². The van der Waals surface area contributed by atoms with Crippen molar-refractivity contribution in [1.82, 2.24) is 9.55 Å². The summed E-state index contributed by atoms with van der Waals surface area (Å²) in [7, 11) is 0. The Morgan fingerprint density at radius 1 is 0.700 bits per heavy atom. The van der Waals surface area contributed by atoms with Crippen LogP contribution in [0, 0.1) is 5.92 Å².